The number of amides is 2. The average Bonchev–Trinajstić information content (AvgIpc) is 3.04. The standard InChI is InChI=1S/C35H31F3N2O7/c1-40(2)33(43)27-19-21(7-6-10-31(41)47-29-18-14-23(34(44)45)20-30(29)46-3)11-17-28(27)39-32(42)26-9-5-4-8-25(26)22-12-15-24(16-13-22)35(36,37)38/h4-5,8-9,11-20H,6-7,10H2,1-3H3,(H,39,42)(H,44,45). The van der Waals surface area contributed by atoms with Gasteiger partial charge in [0.25, 0.3) is 11.8 Å². The van der Waals surface area contributed by atoms with Crippen LogP contribution in [0.2, 0.25) is 0 Å². The molecule has 4 aromatic rings. The molecule has 0 unspecified atom stereocenters. The maximum absolute atomic E-state index is 13.5. The van der Waals surface area contributed by atoms with Crippen LogP contribution in [-0.4, -0.2) is 55.0 Å². The zero-order chi connectivity index (χ0) is 34.3. The third-order valence-corrected chi connectivity index (χ3v) is 7.14. The molecule has 4 aromatic carbocycles. The van der Waals surface area contributed by atoms with Gasteiger partial charge in [-0.05, 0) is 78.1 Å². The lowest BCUT2D eigenvalue weighted by molar-refractivity contribution is -0.137. The van der Waals surface area contributed by atoms with E-state index in [0.29, 0.717) is 24.0 Å². The number of carbonyl (C=O) groups excluding carboxylic acids is 3. The minimum Gasteiger partial charge on any atom is -0.493 e. The number of carboxylic acid groups (broad SMARTS) is 1. The summed E-state index contributed by atoms with van der Waals surface area (Å²) in [5.41, 5.74) is 1.36. The van der Waals surface area contributed by atoms with E-state index in [0.717, 1.165) is 17.7 Å². The molecule has 2 N–H and O–H groups in total. The van der Waals surface area contributed by atoms with E-state index in [1.807, 2.05) is 0 Å². The monoisotopic (exact) mass is 648 g/mol. The van der Waals surface area contributed by atoms with E-state index < -0.39 is 29.6 Å². The number of ether oxygens (including phenoxy) is 2. The molecule has 0 radical (unpaired) electrons. The fourth-order valence-corrected chi connectivity index (χ4v) is 4.73. The van der Waals surface area contributed by atoms with E-state index >= 15 is 0 Å². The van der Waals surface area contributed by atoms with Crippen molar-refractivity contribution in [1.82, 2.24) is 4.90 Å². The van der Waals surface area contributed by atoms with Gasteiger partial charge >= 0.3 is 18.1 Å². The molecule has 9 nitrogen and oxygen atoms in total. The van der Waals surface area contributed by atoms with Crippen LogP contribution in [0.25, 0.3) is 11.1 Å². The number of carboxylic acids is 1. The molecule has 0 spiro atoms. The molecule has 0 fully saturated rings. The van der Waals surface area contributed by atoms with Crippen molar-refractivity contribution < 1.29 is 46.9 Å². The Morgan fingerprint density at radius 1 is 0.851 bits per heavy atom. The Morgan fingerprint density at radius 2 is 1.55 bits per heavy atom. The molecule has 0 aliphatic heterocycles. The van der Waals surface area contributed by atoms with Crippen molar-refractivity contribution in [3.8, 4) is 22.6 Å². The number of halogens is 3. The van der Waals surface area contributed by atoms with Crippen molar-refractivity contribution in [2.45, 2.75) is 25.4 Å². The van der Waals surface area contributed by atoms with Gasteiger partial charge < -0.3 is 24.8 Å². The van der Waals surface area contributed by atoms with E-state index in [2.05, 4.69) is 5.32 Å². The molecule has 0 saturated carbocycles. The number of benzene rings is 4. The summed E-state index contributed by atoms with van der Waals surface area (Å²) in [4.78, 5) is 51.6. The largest absolute Gasteiger partial charge is 0.493 e. The number of aromatic carboxylic acids is 1. The van der Waals surface area contributed by atoms with Gasteiger partial charge in [-0.3, -0.25) is 14.4 Å². The van der Waals surface area contributed by atoms with Crippen molar-refractivity contribution in [1.29, 1.82) is 0 Å². The topological polar surface area (TPSA) is 122 Å². The van der Waals surface area contributed by atoms with Crippen LogP contribution in [0.15, 0.2) is 84.9 Å². The number of nitrogens with zero attached hydrogens (tertiary/aromatic N) is 1. The Labute approximate surface area is 268 Å². The number of hydrogen-bond donors (Lipinski definition) is 2. The third kappa shape index (κ3) is 8.54. The first-order valence-electron chi connectivity index (χ1n) is 14.3. The smallest absolute Gasteiger partial charge is 0.416 e. The summed E-state index contributed by atoms with van der Waals surface area (Å²) in [5, 5.41) is 11.9. The Hall–Kier alpha value is -5.65. The lowest BCUT2D eigenvalue weighted by Crippen LogP contribution is -2.24. The number of rotatable bonds is 11. The summed E-state index contributed by atoms with van der Waals surface area (Å²) in [7, 11) is 4.46. The fourth-order valence-electron chi connectivity index (χ4n) is 4.73. The molecule has 0 aliphatic carbocycles. The van der Waals surface area contributed by atoms with Gasteiger partial charge in [0, 0.05) is 26.1 Å². The summed E-state index contributed by atoms with van der Waals surface area (Å²) in [6.07, 6.45) is -3.73. The van der Waals surface area contributed by atoms with Crippen molar-refractivity contribution in [2.75, 3.05) is 26.5 Å². The van der Waals surface area contributed by atoms with Crippen LogP contribution in [-0.2, 0) is 17.4 Å². The van der Waals surface area contributed by atoms with E-state index in [1.165, 1.54) is 42.3 Å². The zero-order valence-electron chi connectivity index (χ0n) is 25.7. The lowest BCUT2D eigenvalue weighted by atomic mass is 9.97. The summed E-state index contributed by atoms with van der Waals surface area (Å²) in [6.45, 7) is 0. The normalized spacial score (nSPS) is 11.0. The molecule has 0 saturated heterocycles. The van der Waals surface area contributed by atoms with E-state index in [4.69, 9.17) is 14.6 Å². The van der Waals surface area contributed by atoms with Gasteiger partial charge in [-0.1, -0.05) is 36.4 Å². The SMILES string of the molecule is COc1cc(C(=O)O)ccc1OC(=O)CCCc1ccc(NC(=O)c2ccccc2-c2ccc(C(F)(F)F)cc2)c(C(=O)N(C)C)c1. The molecule has 47 heavy (non-hydrogen) atoms. The Bertz CT molecular complexity index is 1800. The molecule has 0 atom stereocenters. The number of aryl methyl sites for hydroxylation is 1. The minimum atomic E-state index is -4.49. The molecule has 4 rings (SSSR count). The Morgan fingerprint density at radius 3 is 2.19 bits per heavy atom. The highest BCUT2D eigenvalue weighted by molar-refractivity contribution is 6.11. The number of hydrogen-bond acceptors (Lipinski definition) is 6. The number of alkyl halides is 3. The van der Waals surface area contributed by atoms with Gasteiger partial charge in [0.2, 0.25) is 0 Å². The highest BCUT2D eigenvalue weighted by Gasteiger charge is 2.30. The molecule has 0 bridgehead atoms. The van der Waals surface area contributed by atoms with Gasteiger partial charge in [0.05, 0.1) is 29.5 Å². The molecule has 0 heterocycles. The molecule has 0 aliphatic rings. The highest BCUT2D eigenvalue weighted by Crippen LogP contribution is 2.33. The maximum Gasteiger partial charge on any atom is 0.416 e. The average molecular weight is 649 g/mol. The molecular weight excluding hydrogens is 617 g/mol. The van der Waals surface area contributed by atoms with Crippen molar-refractivity contribution in [3.05, 3.63) is 113 Å². The summed E-state index contributed by atoms with van der Waals surface area (Å²) in [5.74, 6) is -2.47. The second kappa shape index (κ2) is 14.6. The molecule has 2 amide bonds. The van der Waals surface area contributed by atoms with Gasteiger partial charge in [-0.2, -0.15) is 13.2 Å². The van der Waals surface area contributed by atoms with E-state index in [1.54, 1.807) is 56.6 Å². The van der Waals surface area contributed by atoms with Gasteiger partial charge in [-0.25, -0.2) is 4.79 Å². The predicted octanol–water partition coefficient (Wildman–Crippen LogP) is 6.96. The van der Waals surface area contributed by atoms with E-state index in [-0.39, 0.29) is 46.2 Å². The Balaban J connectivity index is 1.48. The quantitative estimate of drug-likeness (QED) is 0.133. The van der Waals surface area contributed by atoms with Crippen molar-refractivity contribution >= 4 is 29.4 Å². The fraction of sp³-hybridized carbons (Fsp3) is 0.200. The second-order valence-corrected chi connectivity index (χ2v) is 10.7. The number of carbonyl (C=O) groups is 4. The summed E-state index contributed by atoms with van der Waals surface area (Å²) in [6, 6.07) is 19.8. The van der Waals surface area contributed by atoms with Crippen LogP contribution in [0.5, 0.6) is 11.5 Å². The summed E-state index contributed by atoms with van der Waals surface area (Å²) < 4.78 is 49.7. The number of nitrogens with one attached hydrogen (secondary N) is 1. The first kappa shape index (κ1) is 34.2. The van der Waals surface area contributed by atoms with Crippen molar-refractivity contribution in [2.24, 2.45) is 0 Å². The second-order valence-electron chi connectivity index (χ2n) is 10.7. The molecule has 0 aromatic heterocycles. The first-order valence-corrected chi connectivity index (χ1v) is 14.3. The van der Waals surface area contributed by atoms with E-state index in [9.17, 15) is 32.3 Å². The third-order valence-electron chi connectivity index (χ3n) is 7.14. The minimum absolute atomic E-state index is 0.0139. The van der Waals surface area contributed by atoms with Crippen LogP contribution in [0.1, 0.15) is 55.0 Å². The maximum atomic E-state index is 13.5. The first-order chi connectivity index (χ1) is 22.3. The lowest BCUT2D eigenvalue weighted by Gasteiger charge is -2.17. The molecule has 12 heteroatoms. The molecule has 244 valence electrons. The van der Waals surface area contributed by atoms with Gasteiger partial charge in [0.15, 0.2) is 11.5 Å². The van der Waals surface area contributed by atoms with Crippen LogP contribution < -0.4 is 14.8 Å². The van der Waals surface area contributed by atoms with Crippen molar-refractivity contribution in [3.63, 3.8) is 0 Å². The zero-order valence-corrected chi connectivity index (χ0v) is 25.7. The number of methoxy groups -OCH3 is 1. The Kier molecular flexibility index (Phi) is 10.7. The molecular formula is C35H31F3N2O7. The predicted molar refractivity (Wildman–Crippen MR) is 168 cm³/mol. The highest BCUT2D eigenvalue weighted by atomic mass is 19.4. The van der Waals surface area contributed by atoms with Crippen LogP contribution in [0.4, 0.5) is 18.9 Å². The van der Waals surface area contributed by atoms with Crippen LogP contribution in [0.3, 0.4) is 0 Å². The van der Waals surface area contributed by atoms with Crippen LogP contribution in [0, 0.1) is 0 Å². The van der Waals surface area contributed by atoms with Gasteiger partial charge in [0.1, 0.15) is 0 Å². The number of esters is 1. The van der Waals surface area contributed by atoms with Crippen LogP contribution >= 0.6 is 0 Å². The summed E-state index contributed by atoms with van der Waals surface area (Å²) >= 11 is 0. The van der Waals surface area contributed by atoms with Gasteiger partial charge in [-0.15, -0.1) is 0 Å². The number of anilines is 1.